The van der Waals surface area contributed by atoms with Crippen LogP contribution in [0.2, 0.25) is 0 Å². The second-order valence-electron chi connectivity index (χ2n) is 6.31. The third-order valence-electron chi connectivity index (χ3n) is 4.64. The summed E-state index contributed by atoms with van der Waals surface area (Å²) >= 11 is 1.76. The zero-order chi connectivity index (χ0) is 15.7. The molecule has 1 unspecified atom stereocenters. The van der Waals surface area contributed by atoms with Gasteiger partial charge in [0, 0.05) is 32.5 Å². The first kappa shape index (κ1) is 14.7. The molecule has 0 saturated carbocycles. The maximum absolute atomic E-state index is 5.89. The van der Waals surface area contributed by atoms with E-state index in [-0.39, 0.29) is 5.60 Å². The van der Waals surface area contributed by atoms with E-state index in [1.807, 2.05) is 12.1 Å². The molecular weight excluding hydrogens is 308 g/mol. The van der Waals surface area contributed by atoms with Gasteiger partial charge in [-0.15, -0.1) is 0 Å². The largest absolute Gasteiger partial charge is 0.497 e. The number of rotatable bonds is 4. The van der Waals surface area contributed by atoms with Gasteiger partial charge in [-0.1, -0.05) is 5.16 Å². The summed E-state index contributed by atoms with van der Waals surface area (Å²) in [7, 11) is 1.68. The molecule has 1 spiro atoms. The van der Waals surface area contributed by atoms with Gasteiger partial charge in [0.25, 0.3) is 0 Å². The highest BCUT2D eigenvalue weighted by Crippen LogP contribution is 2.36. The van der Waals surface area contributed by atoms with Crippen LogP contribution in [0.15, 0.2) is 46.2 Å². The van der Waals surface area contributed by atoms with Crippen molar-refractivity contribution >= 4 is 17.0 Å². The molecule has 23 heavy (non-hydrogen) atoms. The van der Waals surface area contributed by atoms with Gasteiger partial charge in [0.05, 0.1) is 12.8 Å². The van der Waals surface area contributed by atoms with Crippen molar-refractivity contribution in [3.8, 4) is 5.75 Å². The van der Waals surface area contributed by atoms with Crippen LogP contribution in [0.3, 0.4) is 0 Å². The number of likely N-dealkylation sites (tertiary alicyclic amines) is 1. The second-order valence-corrected chi connectivity index (χ2v) is 7.09. The molecule has 0 radical (unpaired) electrons. The highest BCUT2D eigenvalue weighted by Gasteiger charge is 2.45. The van der Waals surface area contributed by atoms with Crippen LogP contribution in [0.1, 0.15) is 24.0 Å². The monoisotopic (exact) mass is 328 g/mol. The van der Waals surface area contributed by atoms with Crippen molar-refractivity contribution in [2.24, 2.45) is 5.16 Å². The number of hydrogen-bond acceptors (Lipinski definition) is 5. The maximum Gasteiger partial charge on any atom is 0.157 e. The topological polar surface area (TPSA) is 34.1 Å². The van der Waals surface area contributed by atoms with Crippen molar-refractivity contribution in [1.29, 1.82) is 0 Å². The number of ether oxygens (including phenoxy) is 1. The van der Waals surface area contributed by atoms with Crippen LogP contribution in [0.5, 0.6) is 5.75 Å². The standard InChI is InChI=1S/C18H20N2O2S/c1-21-16-4-2-15(3-5-16)17-10-18(22-19-17)7-8-20(13-18)11-14-6-9-23-12-14/h2-6,9,12H,7-8,10-11,13H2,1H3. The summed E-state index contributed by atoms with van der Waals surface area (Å²) < 4.78 is 5.21. The molecule has 0 aliphatic carbocycles. The molecular formula is C18H20N2O2S. The minimum Gasteiger partial charge on any atom is -0.497 e. The molecule has 1 fully saturated rings. The smallest absolute Gasteiger partial charge is 0.157 e. The van der Waals surface area contributed by atoms with Crippen LogP contribution < -0.4 is 4.74 Å². The molecule has 1 saturated heterocycles. The molecule has 0 bridgehead atoms. The molecule has 2 aliphatic heterocycles. The highest BCUT2D eigenvalue weighted by molar-refractivity contribution is 7.07. The van der Waals surface area contributed by atoms with Gasteiger partial charge < -0.3 is 9.57 Å². The van der Waals surface area contributed by atoms with Gasteiger partial charge in [0.2, 0.25) is 0 Å². The number of benzene rings is 1. The summed E-state index contributed by atoms with van der Waals surface area (Å²) in [5.74, 6) is 0.866. The quantitative estimate of drug-likeness (QED) is 0.861. The lowest BCUT2D eigenvalue weighted by atomic mass is 9.93. The summed E-state index contributed by atoms with van der Waals surface area (Å²) in [6, 6.07) is 10.3. The fraction of sp³-hybridized carbons (Fsp3) is 0.389. The predicted molar refractivity (Wildman–Crippen MR) is 92.2 cm³/mol. The van der Waals surface area contributed by atoms with Crippen molar-refractivity contribution < 1.29 is 9.57 Å². The predicted octanol–water partition coefficient (Wildman–Crippen LogP) is 3.53. The normalized spacial score (nSPS) is 24.0. The highest BCUT2D eigenvalue weighted by atomic mass is 32.1. The van der Waals surface area contributed by atoms with Gasteiger partial charge >= 0.3 is 0 Å². The maximum atomic E-state index is 5.89. The molecule has 120 valence electrons. The average molecular weight is 328 g/mol. The molecule has 2 aliphatic rings. The first-order chi connectivity index (χ1) is 11.3. The lowest BCUT2D eigenvalue weighted by molar-refractivity contribution is -0.0104. The first-order valence-corrected chi connectivity index (χ1v) is 8.84. The Kier molecular flexibility index (Phi) is 3.83. The van der Waals surface area contributed by atoms with Gasteiger partial charge in [-0.3, -0.25) is 4.90 Å². The van der Waals surface area contributed by atoms with Crippen LogP contribution in [0, 0.1) is 0 Å². The molecule has 3 heterocycles. The summed E-state index contributed by atoms with van der Waals surface area (Å²) in [4.78, 5) is 8.36. The molecule has 4 rings (SSSR count). The van der Waals surface area contributed by atoms with Gasteiger partial charge in [-0.05, 0) is 52.2 Å². The van der Waals surface area contributed by atoms with Crippen molar-refractivity contribution in [2.75, 3.05) is 20.2 Å². The molecule has 2 aromatic rings. The van der Waals surface area contributed by atoms with E-state index in [9.17, 15) is 0 Å². The molecule has 0 amide bonds. The van der Waals surface area contributed by atoms with Crippen molar-refractivity contribution in [1.82, 2.24) is 4.90 Å². The molecule has 1 aromatic heterocycles. The SMILES string of the molecule is COc1ccc(C2=NOC3(CCN(Cc4ccsc4)C3)C2)cc1. The average Bonchev–Trinajstić information content (AvgIpc) is 3.31. The number of methoxy groups -OCH3 is 1. The Morgan fingerprint density at radius 3 is 2.91 bits per heavy atom. The molecule has 4 nitrogen and oxygen atoms in total. The summed E-state index contributed by atoms with van der Waals surface area (Å²) in [6.45, 7) is 3.03. The Balaban J connectivity index is 1.40. The van der Waals surface area contributed by atoms with Gasteiger partial charge in [-0.25, -0.2) is 0 Å². The third kappa shape index (κ3) is 2.99. The van der Waals surface area contributed by atoms with Crippen molar-refractivity contribution in [3.05, 3.63) is 52.2 Å². The lowest BCUT2D eigenvalue weighted by Gasteiger charge is -2.21. The fourth-order valence-electron chi connectivity index (χ4n) is 3.38. The zero-order valence-electron chi connectivity index (χ0n) is 13.2. The summed E-state index contributed by atoms with van der Waals surface area (Å²) in [5, 5.41) is 8.74. The van der Waals surface area contributed by atoms with Crippen molar-refractivity contribution in [2.45, 2.75) is 25.0 Å². The number of hydrogen-bond donors (Lipinski definition) is 0. The number of nitrogens with zero attached hydrogens (tertiary/aromatic N) is 2. The van der Waals surface area contributed by atoms with Crippen molar-refractivity contribution in [3.63, 3.8) is 0 Å². The summed E-state index contributed by atoms with van der Waals surface area (Å²) in [5.41, 5.74) is 3.43. The fourth-order valence-corrected chi connectivity index (χ4v) is 4.04. The van der Waals surface area contributed by atoms with E-state index in [2.05, 4.69) is 39.0 Å². The minimum absolute atomic E-state index is 0.134. The molecule has 0 N–H and O–H groups in total. The Bertz CT molecular complexity index is 696. The van der Waals surface area contributed by atoms with Crippen LogP contribution in [-0.2, 0) is 11.4 Å². The van der Waals surface area contributed by atoms with Gasteiger partial charge in [-0.2, -0.15) is 11.3 Å². The van der Waals surface area contributed by atoms with Crippen LogP contribution >= 0.6 is 11.3 Å². The molecule has 5 heteroatoms. The Morgan fingerprint density at radius 2 is 2.17 bits per heavy atom. The Labute approximate surface area is 140 Å². The van der Waals surface area contributed by atoms with Crippen LogP contribution in [-0.4, -0.2) is 36.4 Å². The molecule has 1 aromatic carbocycles. The van der Waals surface area contributed by atoms with E-state index >= 15 is 0 Å². The third-order valence-corrected chi connectivity index (χ3v) is 5.38. The Hall–Kier alpha value is -1.85. The van der Waals surface area contributed by atoms with Gasteiger partial charge in [0.1, 0.15) is 5.75 Å². The number of oxime groups is 1. The van der Waals surface area contributed by atoms with E-state index in [4.69, 9.17) is 9.57 Å². The minimum atomic E-state index is -0.134. The zero-order valence-corrected chi connectivity index (χ0v) is 14.0. The second kappa shape index (κ2) is 5.98. The van der Waals surface area contributed by atoms with Crippen LogP contribution in [0.4, 0.5) is 0 Å². The van der Waals surface area contributed by atoms with E-state index in [0.29, 0.717) is 0 Å². The van der Waals surface area contributed by atoms with E-state index in [0.717, 1.165) is 49.5 Å². The van der Waals surface area contributed by atoms with E-state index in [1.54, 1.807) is 18.4 Å². The van der Waals surface area contributed by atoms with Gasteiger partial charge in [0.15, 0.2) is 5.60 Å². The summed E-state index contributed by atoms with van der Waals surface area (Å²) in [6.07, 6.45) is 1.93. The Morgan fingerprint density at radius 1 is 1.30 bits per heavy atom. The first-order valence-electron chi connectivity index (χ1n) is 7.89. The lowest BCUT2D eigenvalue weighted by Crippen LogP contribution is -2.33. The van der Waals surface area contributed by atoms with E-state index < -0.39 is 0 Å². The van der Waals surface area contributed by atoms with Crippen LogP contribution in [0.25, 0.3) is 0 Å². The molecule has 1 atom stereocenters. The number of thiophene rings is 1. The van der Waals surface area contributed by atoms with E-state index in [1.165, 1.54) is 5.56 Å².